The molecule has 0 bridgehead atoms. The molecule has 1 aliphatic rings. The number of H-pyrrole nitrogens is 1. The van der Waals surface area contributed by atoms with Gasteiger partial charge in [-0.05, 0) is 67.0 Å². The highest BCUT2D eigenvalue weighted by Crippen LogP contribution is 2.21. The van der Waals surface area contributed by atoms with Crippen LogP contribution in [0.1, 0.15) is 54.4 Å². The van der Waals surface area contributed by atoms with Crippen molar-refractivity contribution in [3.05, 3.63) is 75.1 Å². The molecule has 1 fully saturated rings. The van der Waals surface area contributed by atoms with Crippen molar-refractivity contribution >= 4 is 16.9 Å². The van der Waals surface area contributed by atoms with Crippen molar-refractivity contribution in [1.82, 2.24) is 15.2 Å². The number of hydrogen-bond donors (Lipinski definition) is 2. The standard InChI is InChI=1S/C27H33N3O3/c1-18-9-12-21-15-22(26(31)29-25(21)19(18)2)17-30(16-20-10-13-24(33-3)14-11-20)27(32)28-23-7-5-4-6-8-23/h9-15,23H,4-8,16-17H2,1-3H3,(H,28,32)(H,29,31). The normalized spacial score (nSPS) is 14.3. The van der Waals surface area contributed by atoms with Gasteiger partial charge in [-0.3, -0.25) is 4.79 Å². The number of rotatable bonds is 6. The number of nitrogens with zero attached hydrogens (tertiary/aromatic N) is 1. The Hall–Kier alpha value is -3.28. The zero-order valence-electron chi connectivity index (χ0n) is 19.7. The minimum atomic E-state index is -0.151. The first-order valence-corrected chi connectivity index (χ1v) is 11.7. The van der Waals surface area contributed by atoms with Crippen LogP contribution in [-0.2, 0) is 13.1 Å². The van der Waals surface area contributed by atoms with Crippen LogP contribution >= 0.6 is 0 Å². The van der Waals surface area contributed by atoms with Crippen LogP contribution in [0, 0.1) is 13.8 Å². The molecule has 1 heterocycles. The third kappa shape index (κ3) is 5.38. The fourth-order valence-electron chi connectivity index (χ4n) is 4.56. The monoisotopic (exact) mass is 447 g/mol. The van der Waals surface area contributed by atoms with Crippen LogP contribution in [-0.4, -0.2) is 29.1 Å². The number of aromatic amines is 1. The quantitative estimate of drug-likeness (QED) is 0.546. The van der Waals surface area contributed by atoms with Crippen molar-refractivity contribution in [1.29, 1.82) is 0 Å². The highest BCUT2D eigenvalue weighted by atomic mass is 16.5. The van der Waals surface area contributed by atoms with Crippen LogP contribution in [0.4, 0.5) is 4.79 Å². The first-order valence-electron chi connectivity index (χ1n) is 11.7. The first kappa shape index (κ1) is 22.9. The van der Waals surface area contributed by atoms with Gasteiger partial charge in [0.2, 0.25) is 0 Å². The van der Waals surface area contributed by atoms with Crippen LogP contribution in [0.2, 0.25) is 0 Å². The molecule has 0 unspecified atom stereocenters. The smallest absolute Gasteiger partial charge is 0.318 e. The van der Waals surface area contributed by atoms with E-state index in [0.29, 0.717) is 12.1 Å². The van der Waals surface area contributed by atoms with Gasteiger partial charge < -0.3 is 19.9 Å². The van der Waals surface area contributed by atoms with Gasteiger partial charge in [0.15, 0.2) is 0 Å². The highest BCUT2D eigenvalue weighted by molar-refractivity contribution is 5.83. The topological polar surface area (TPSA) is 74.4 Å². The Morgan fingerprint density at radius 3 is 2.48 bits per heavy atom. The van der Waals surface area contributed by atoms with Crippen molar-refractivity contribution < 1.29 is 9.53 Å². The number of nitrogens with one attached hydrogen (secondary N) is 2. The third-order valence-corrected chi connectivity index (χ3v) is 6.74. The molecule has 6 nitrogen and oxygen atoms in total. The summed E-state index contributed by atoms with van der Waals surface area (Å²) >= 11 is 0. The molecule has 1 aliphatic carbocycles. The summed E-state index contributed by atoms with van der Waals surface area (Å²) in [6, 6.07) is 13.8. The predicted octanol–water partition coefficient (Wildman–Crippen LogP) is 5.20. The van der Waals surface area contributed by atoms with E-state index in [9.17, 15) is 9.59 Å². The second kappa shape index (κ2) is 10.1. The Balaban J connectivity index is 1.61. The van der Waals surface area contributed by atoms with Crippen LogP contribution in [0.5, 0.6) is 5.75 Å². The fourth-order valence-corrected chi connectivity index (χ4v) is 4.56. The molecule has 1 saturated carbocycles. The predicted molar refractivity (Wildman–Crippen MR) is 132 cm³/mol. The molecule has 0 aliphatic heterocycles. The van der Waals surface area contributed by atoms with Gasteiger partial charge in [0.1, 0.15) is 5.75 Å². The molecule has 0 saturated heterocycles. The van der Waals surface area contributed by atoms with E-state index in [1.165, 1.54) is 6.42 Å². The number of carbonyl (C=O) groups excluding carboxylic acids is 1. The molecule has 174 valence electrons. The molecule has 3 aromatic rings. The summed E-state index contributed by atoms with van der Waals surface area (Å²) in [4.78, 5) is 31.0. The minimum Gasteiger partial charge on any atom is -0.497 e. The summed E-state index contributed by atoms with van der Waals surface area (Å²) in [5, 5.41) is 4.18. The highest BCUT2D eigenvalue weighted by Gasteiger charge is 2.21. The molecule has 2 amide bonds. The van der Waals surface area contributed by atoms with Crippen LogP contribution in [0.15, 0.2) is 47.3 Å². The van der Waals surface area contributed by atoms with Gasteiger partial charge in [0.05, 0.1) is 19.2 Å². The molecule has 2 N–H and O–H groups in total. The number of methoxy groups -OCH3 is 1. The number of urea groups is 1. The molecular formula is C27H33N3O3. The molecule has 0 spiro atoms. The van der Waals surface area contributed by atoms with E-state index < -0.39 is 0 Å². The average molecular weight is 448 g/mol. The molecule has 0 radical (unpaired) electrons. The Morgan fingerprint density at radius 1 is 1.06 bits per heavy atom. The molecule has 1 aromatic heterocycles. The average Bonchev–Trinajstić information content (AvgIpc) is 2.83. The van der Waals surface area contributed by atoms with Crippen molar-refractivity contribution in [3.63, 3.8) is 0 Å². The molecule has 2 aromatic carbocycles. The minimum absolute atomic E-state index is 0.127. The van der Waals surface area contributed by atoms with E-state index in [-0.39, 0.29) is 24.2 Å². The number of pyridine rings is 1. The summed E-state index contributed by atoms with van der Waals surface area (Å²) in [6.45, 7) is 4.70. The van der Waals surface area contributed by atoms with E-state index >= 15 is 0 Å². The van der Waals surface area contributed by atoms with E-state index in [4.69, 9.17) is 4.74 Å². The van der Waals surface area contributed by atoms with Crippen molar-refractivity contribution in [2.24, 2.45) is 0 Å². The molecule has 6 heteroatoms. The molecule has 33 heavy (non-hydrogen) atoms. The lowest BCUT2D eigenvalue weighted by Crippen LogP contribution is -2.45. The maximum Gasteiger partial charge on any atom is 0.318 e. The molecule has 4 rings (SSSR count). The number of aromatic nitrogens is 1. The second-order valence-corrected chi connectivity index (χ2v) is 9.08. The summed E-state index contributed by atoms with van der Waals surface area (Å²) < 4.78 is 5.25. The molecule has 0 atom stereocenters. The zero-order chi connectivity index (χ0) is 23.4. The van der Waals surface area contributed by atoms with Gasteiger partial charge in [0, 0.05) is 18.2 Å². The lowest BCUT2D eigenvalue weighted by atomic mass is 9.96. The lowest BCUT2D eigenvalue weighted by Gasteiger charge is -2.28. The van der Waals surface area contributed by atoms with Crippen LogP contribution in [0.3, 0.4) is 0 Å². The Labute approximate surface area is 195 Å². The molecular weight excluding hydrogens is 414 g/mol. The number of amides is 2. The van der Waals surface area contributed by atoms with Gasteiger partial charge in [0.25, 0.3) is 5.56 Å². The number of ether oxygens (including phenoxy) is 1. The Kier molecular flexibility index (Phi) is 7.02. The van der Waals surface area contributed by atoms with Gasteiger partial charge >= 0.3 is 6.03 Å². The van der Waals surface area contributed by atoms with E-state index in [0.717, 1.165) is 59.0 Å². The SMILES string of the molecule is COc1ccc(CN(Cc2cc3ccc(C)c(C)c3[nH]c2=O)C(=O)NC2CCCCC2)cc1. The van der Waals surface area contributed by atoms with Crippen molar-refractivity contribution in [3.8, 4) is 5.75 Å². The van der Waals surface area contributed by atoms with Crippen LogP contribution in [0.25, 0.3) is 10.9 Å². The lowest BCUT2D eigenvalue weighted by molar-refractivity contribution is 0.184. The van der Waals surface area contributed by atoms with Gasteiger partial charge in [-0.2, -0.15) is 0 Å². The summed E-state index contributed by atoms with van der Waals surface area (Å²) in [5.41, 5.74) is 4.48. The Morgan fingerprint density at radius 2 is 1.79 bits per heavy atom. The van der Waals surface area contributed by atoms with Crippen molar-refractivity contribution in [2.75, 3.05) is 7.11 Å². The summed E-state index contributed by atoms with van der Waals surface area (Å²) in [6.07, 6.45) is 5.54. The number of carbonyl (C=O) groups is 1. The zero-order valence-corrected chi connectivity index (χ0v) is 19.7. The number of aryl methyl sites for hydroxylation is 2. The van der Waals surface area contributed by atoms with Gasteiger partial charge in [-0.15, -0.1) is 0 Å². The maximum atomic E-state index is 13.3. The second-order valence-electron chi connectivity index (χ2n) is 9.08. The fraction of sp³-hybridized carbons (Fsp3) is 0.407. The summed E-state index contributed by atoms with van der Waals surface area (Å²) in [7, 11) is 1.63. The number of hydrogen-bond acceptors (Lipinski definition) is 3. The number of benzene rings is 2. The first-order chi connectivity index (χ1) is 15.9. The van der Waals surface area contributed by atoms with E-state index in [2.05, 4.69) is 16.4 Å². The van der Waals surface area contributed by atoms with Gasteiger partial charge in [-0.25, -0.2) is 4.79 Å². The largest absolute Gasteiger partial charge is 0.497 e. The van der Waals surface area contributed by atoms with E-state index in [1.807, 2.05) is 50.2 Å². The maximum absolute atomic E-state index is 13.3. The number of fused-ring (bicyclic) bond motifs is 1. The Bertz CT molecular complexity index is 1180. The van der Waals surface area contributed by atoms with Crippen molar-refractivity contribution in [2.45, 2.75) is 65.1 Å². The summed E-state index contributed by atoms with van der Waals surface area (Å²) in [5.74, 6) is 0.772. The third-order valence-electron chi connectivity index (χ3n) is 6.74. The van der Waals surface area contributed by atoms with Crippen LogP contribution < -0.4 is 15.6 Å². The van der Waals surface area contributed by atoms with E-state index in [1.54, 1.807) is 12.0 Å². The van der Waals surface area contributed by atoms with Gasteiger partial charge in [-0.1, -0.05) is 43.5 Å².